The number of anilines is 2. The smallest absolute Gasteiger partial charge is 0.236 e. The van der Waals surface area contributed by atoms with Crippen molar-refractivity contribution in [2.24, 2.45) is 0 Å². The minimum Gasteiger partial charge on any atom is -0.494 e. The van der Waals surface area contributed by atoms with Crippen LogP contribution in [-0.4, -0.2) is 26.4 Å². The highest BCUT2D eigenvalue weighted by Gasteiger charge is 2.13. The number of aryl methyl sites for hydroxylation is 1. The number of rotatable bonds is 7. The molecule has 0 bridgehead atoms. The first kappa shape index (κ1) is 17.5. The zero-order valence-corrected chi connectivity index (χ0v) is 16.2. The maximum atomic E-state index is 5.72. The summed E-state index contributed by atoms with van der Waals surface area (Å²) in [6.45, 7) is 4.96. The predicted octanol–water partition coefficient (Wildman–Crippen LogP) is 5.08. The van der Waals surface area contributed by atoms with Crippen LogP contribution in [0.3, 0.4) is 0 Å². The number of hydrogen-bond acceptors (Lipinski definition) is 6. The van der Waals surface area contributed by atoms with Gasteiger partial charge in [-0.25, -0.2) is 0 Å². The van der Waals surface area contributed by atoms with Crippen LogP contribution < -0.4 is 10.1 Å². The van der Waals surface area contributed by atoms with Gasteiger partial charge in [0, 0.05) is 11.3 Å². The fourth-order valence-electron chi connectivity index (χ4n) is 2.73. The summed E-state index contributed by atoms with van der Waals surface area (Å²) in [6, 6.07) is 16.1. The Morgan fingerprint density at radius 2 is 1.96 bits per heavy atom. The van der Waals surface area contributed by atoms with Gasteiger partial charge in [-0.1, -0.05) is 36.8 Å². The van der Waals surface area contributed by atoms with Gasteiger partial charge < -0.3 is 10.1 Å². The van der Waals surface area contributed by atoms with E-state index in [1.54, 1.807) is 4.52 Å². The molecule has 138 valence electrons. The molecule has 7 heteroatoms. The molecule has 2 aromatic carbocycles. The zero-order valence-electron chi connectivity index (χ0n) is 15.3. The Labute approximate surface area is 161 Å². The van der Waals surface area contributed by atoms with E-state index in [4.69, 9.17) is 4.74 Å². The number of nitrogens with one attached hydrogen (secondary N) is 1. The lowest BCUT2D eigenvalue weighted by molar-refractivity contribution is 0.309. The van der Waals surface area contributed by atoms with Gasteiger partial charge in [0.05, 0.1) is 6.61 Å². The fraction of sp³-hybridized carbons (Fsp3) is 0.250. The van der Waals surface area contributed by atoms with Crippen molar-refractivity contribution in [3.05, 3.63) is 54.1 Å². The van der Waals surface area contributed by atoms with Crippen LogP contribution in [0.5, 0.6) is 5.75 Å². The molecular weight excluding hydrogens is 358 g/mol. The second-order valence-corrected chi connectivity index (χ2v) is 7.30. The standard InChI is InChI=1S/C20H21N5OS/c1-3-4-12-26-17-10-8-15(9-11-17)18-22-23-20-25(18)24-19(27-20)21-16-7-5-6-14(2)13-16/h5-11,13H,3-4,12H2,1-2H3,(H,21,24). The van der Waals surface area contributed by atoms with Crippen molar-refractivity contribution in [1.29, 1.82) is 0 Å². The van der Waals surface area contributed by atoms with Crippen molar-refractivity contribution >= 4 is 27.1 Å². The summed E-state index contributed by atoms with van der Waals surface area (Å²) in [5.74, 6) is 1.59. The molecule has 1 N–H and O–H groups in total. The minimum atomic E-state index is 0.721. The quantitative estimate of drug-likeness (QED) is 0.454. The third-order valence-electron chi connectivity index (χ3n) is 4.14. The fourth-order valence-corrected chi connectivity index (χ4v) is 3.49. The van der Waals surface area contributed by atoms with Gasteiger partial charge in [-0.15, -0.1) is 15.3 Å². The summed E-state index contributed by atoms with van der Waals surface area (Å²) in [4.78, 5) is 0.753. The average Bonchev–Trinajstić information content (AvgIpc) is 3.23. The molecule has 0 aliphatic carbocycles. The van der Waals surface area contributed by atoms with Crippen LogP contribution in [0.2, 0.25) is 0 Å². The summed E-state index contributed by atoms with van der Waals surface area (Å²) in [5, 5.41) is 17.3. The summed E-state index contributed by atoms with van der Waals surface area (Å²) >= 11 is 1.47. The lowest BCUT2D eigenvalue weighted by Crippen LogP contribution is -1.97. The molecule has 0 radical (unpaired) electrons. The van der Waals surface area contributed by atoms with Gasteiger partial charge in [0.2, 0.25) is 10.1 Å². The van der Waals surface area contributed by atoms with E-state index in [1.165, 1.54) is 16.9 Å². The van der Waals surface area contributed by atoms with Crippen molar-refractivity contribution in [3.8, 4) is 17.1 Å². The first-order chi connectivity index (χ1) is 13.2. The molecule has 0 saturated carbocycles. The lowest BCUT2D eigenvalue weighted by Gasteiger charge is -2.05. The van der Waals surface area contributed by atoms with Gasteiger partial charge in [-0.3, -0.25) is 0 Å². The van der Waals surface area contributed by atoms with Crippen molar-refractivity contribution in [2.45, 2.75) is 26.7 Å². The minimum absolute atomic E-state index is 0.721. The summed E-state index contributed by atoms with van der Waals surface area (Å²) in [6.07, 6.45) is 2.18. The molecule has 4 rings (SSSR count). The van der Waals surface area contributed by atoms with Gasteiger partial charge >= 0.3 is 0 Å². The molecular formula is C20H21N5OS. The molecule has 0 saturated heterocycles. The van der Waals surface area contributed by atoms with Crippen molar-refractivity contribution in [2.75, 3.05) is 11.9 Å². The third-order valence-corrected chi connectivity index (χ3v) is 4.95. The van der Waals surface area contributed by atoms with Crippen LogP contribution in [-0.2, 0) is 0 Å². The van der Waals surface area contributed by atoms with E-state index in [2.05, 4.69) is 46.6 Å². The molecule has 0 amide bonds. The first-order valence-corrected chi connectivity index (χ1v) is 9.84. The van der Waals surface area contributed by atoms with E-state index in [0.29, 0.717) is 0 Å². The van der Waals surface area contributed by atoms with Crippen molar-refractivity contribution in [1.82, 2.24) is 19.8 Å². The SMILES string of the molecule is CCCCOc1ccc(-c2nnc3sc(Nc4cccc(C)c4)nn23)cc1. The van der Waals surface area contributed by atoms with E-state index >= 15 is 0 Å². The predicted molar refractivity (Wildman–Crippen MR) is 109 cm³/mol. The number of nitrogens with zero attached hydrogens (tertiary/aromatic N) is 4. The highest BCUT2D eigenvalue weighted by Crippen LogP contribution is 2.27. The molecule has 0 aliphatic rings. The zero-order chi connectivity index (χ0) is 18.6. The maximum Gasteiger partial charge on any atom is 0.236 e. The van der Waals surface area contributed by atoms with E-state index in [0.717, 1.165) is 52.4 Å². The number of ether oxygens (including phenoxy) is 1. The van der Waals surface area contributed by atoms with E-state index < -0.39 is 0 Å². The van der Waals surface area contributed by atoms with Gasteiger partial charge in [0.25, 0.3) is 0 Å². The van der Waals surface area contributed by atoms with Crippen LogP contribution in [0.1, 0.15) is 25.3 Å². The number of hydrogen-bond donors (Lipinski definition) is 1. The van der Waals surface area contributed by atoms with E-state index in [1.807, 2.05) is 36.4 Å². The molecule has 0 aliphatic heterocycles. The topological polar surface area (TPSA) is 64.3 Å². The first-order valence-electron chi connectivity index (χ1n) is 9.02. The molecule has 2 heterocycles. The Bertz CT molecular complexity index is 1040. The van der Waals surface area contributed by atoms with Crippen molar-refractivity contribution in [3.63, 3.8) is 0 Å². The second-order valence-electron chi connectivity index (χ2n) is 6.35. The largest absolute Gasteiger partial charge is 0.494 e. The van der Waals surface area contributed by atoms with Gasteiger partial charge in [-0.2, -0.15) is 4.52 Å². The second kappa shape index (κ2) is 7.75. The Morgan fingerprint density at radius 1 is 1.11 bits per heavy atom. The molecule has 4 aromatic rings. The van der Waals surface area contributed by atoms with Crippen molar-refractivity contribution < 1.29 is 4.74 Å². The summed E-state index contributed by atoms with van der Waals surface area (Å²) < 4.78 is 7.49. The molecule has 0 unspecified atom stereocenters. The normalized spacial score (nSPS) is 11.0. The monoisotopic (exact) mass is 379 g/mol. The molecule has 27 heavy (non-hydrogen) atoms. The van der Waals surface area contributed by atoms with Gasteiger partial charge in [0.1, 0.15) is 5.75 Å². The Kier molecular flexibility index (Phi) is 5.02. The molecule has 0 spiro atoms. The Morgan fingerprint density at radius 3 is 2.74 bits per heavy atom. The van der Waals surface area contributed by atoms with Crippen LogP contribution in [0.15, 0.2) is 48.5 Å². The molecule has 0 atom stereocenters. The lowest BCUT2D eigenvalue weighted by atomic mass is 10.2. The Balaban J connectivity index is 1.55. The number of unbranched alkanes of at least 4 members (excludes halogenated alkanes) is 1. The summed E-state index contributed by atoms with van der Waals surface area (Å²) in [5.41, 5.74) is 3.16. The summed E-state index contributed by atoms with van der Waals surface area (Å²) in [7, 11) is 0. The maximum absolute atomic E-state index is 5.72. The van der Waals surface area contributed by atoms with E-state index in [-0.39, 0.29) is 0 Å². The highest BCUT2D eigenvalue weighted by atomic mass is 32.1. The van der Waals surface area contributed by atoms with Gasteiger partial charge in [-0.05, 0) is 55.3 Å². The number of aromatic nitrogens is 4. The van der Waals surface area contributed by atoms with Crippen LogP contribution in [0.25, 0.3) is 16.3 Å². The number of benzene rings is 2. The van der Waals surface area contributed by atoms with E-state index in [9.17, 15) is 0 Å². The molecule has 0 fully saturated rings. The number of fused-ring (bicyclic) bond motifs is 1. The van der Waals surface area contributed by atoms with Crippen LogP contribution in [0, 0.1) is 6.92 Å². The molecule has 6 nitrogen and oxygen atoms in total. The van der Waals surface area contributed by atoms with Crippen LogP contribution in [0.4, 0.5) is 10.8 Å². The van der Waals surface area contributed by atoms with Gasteiger partial charge in [0.15, 0.2) is 5.82 Å². The average molecular weight is 379 g/mol. The Hall–Kier alpha value is -2.93. The third kappa shape index (κ3) is 3.93. The molecule has 2 aromatic heterocycles. The highest BCUT2D eigenvalue weighted by molar-refractivity contribution is 7.20. The van der Waals surface area contributed by atoms with Crippen LogP contribution >= 0.6 is 11.3 Å².